The molecule has 2 rings (SSSR count). The summed E-state index contributed by atoms with van der Waals surface area (Å²) in [5.74, 6) is -1.18. The molecule has 0 bridgehead atoms. The number of hydrogen-bond donors (Lipinski definition) is 1. The summed E-state index contributed by atoms with van der Waals surface area (Å²) in [5.41, 5.74) is 1.76. The molecule has 1 N–H and O–H groups in total. The smallest absolute Gasteiger partial charge is 0.375 e. The van der Waals surface area contributed by atoms with E-state index >= 15 is 0 Å². The van der Waals surface area contributed by atoms with E-state index in [2.05, 4.69) is 10.1 Å². The molecule has 0 radical (unpaired) electrons. The van der Waals surface area contributed by atoms with Crippen LogP contribution in [0.2, 0.25) is 0 Å². The highest BCUT2D eigenvalue weighted by molar-refractivity contribution is 5.88. The number of hydrogen-bond acceptors (Lipinski definition) is 4. The molecule has 0 aliphatic carbocycles. The lowest BCUT2D eigenvalue weighted by Gasteiger charge is -1.99. The van der Waals surface area contributed by atoms with Crippen molar-refractivity contribution in [3.8, 4) is 11.4 Å². The van der Waals surface area contributed by atoms with Crippen LogP contribution in [0.3, 0.4) is 0 Å². The van der Waals surface area contributed by atoms with Crippen LogP contribution >= 0.6 is 0 Å². The summed E-state index contributed by atoms with van der Waals surface area (Å²) >= 11 is 0. The Kier molecular flexibility index (Phi) is 3.18. The van der Waals surface area contributed by atoms with Gasteiger partial charge in [0.25, 0.3) is 0 Å². The molecule has 2 heterocycles. The third-order valence-corrected chi connectivity index (χ3v) is 2.39. The zero-order valence-electron chi connectivity index (χ0n) is 9.38. The topological polar surface area (TPSA) is 76.2 Å². The van der Waals surface area contributed by atoms with Gasteiger partial charge in [0.1, 0.15) is 5.69 Å². The van der Waals surface area contributed by atoms with E-state index in [0.717, 1.165) is 6.42 Å². The van der Waals surface area contributed by atoms with Crippen LogP contribution in [0.5, 0.6) is 0 Å². The van der Waals surface area contributed by atoms with E-state index < -0.39 is 5.97 Å². The average Bonchev–Trinajstić information content (AvgIpc) is 2.75. The maximum absolute atomic E-state index is 11.0. The van der Waals surface area contributed by atoms with Crippen LogP contribution in [0.1, 0.15) is 29.5 Å². The van der Waals surface area contributed by atoms with Gasteiger partial charge in [-0.05, 0) is 18.6 Å². The van der Waals surface area contributed by atoms with Gasteiger partial charge in [0.05, 0.1) is 5.69 Å². The Labute approximate surface area is 98.1 Å². The number of carboxylic acids is 1. The zero-order valence-corrected chi connectivity index (χ0v) is 9.38. The van der Waals surface area contributed by atoms with Crippen molar-refractivity contribution in [3.63, 3.8) is 0 Å². The molecule has 0 atom stereocenters. The van der Waals surface area contributed by atoms with Gasteiger partial charge in [0.15, 0.2) is 0 Å². The second-order valence-electron chi connectivity index (χ2n) is 3.61. The second-order valence-corrected chi connectivity index (χ2v) is 3.61. The van der Waals surface area contributed by atoms with Gasteiger partial charge < -0.3 is 9.63 Å². The fourth-order valence-corrected chi connectivity index (χ4v) is 1.66. The first-order chi connectivity index (χ1) is 8.24. The van der Waals surface area contributed by atoms with Gasteiger partial charge in [-0.15, -0.1) is 0 Å². The predicted molar refractivity (Wildman–Crippen MR) is 60.7 cm³/mol. The summed E-state index contributed by atoms with van der Waals surface area (Å²) in [4.78, 5) is 15.1. The number of carbonyl (C=O) groups is 1. The summed E-state index contributed by atoms with van der Waals surface area (Å²) in [7, 11) is 0. The quantitative estimate of drug-likeness (QED) is 0.875. The van der Waals surface area contributed by atoms with Crippen molar-refractivity contribution in [1.82, 2.24) is 10.1 Å². The Morgan fingerprint density at radius 3 is 2.88 bits per heavy atom. The summed E-state index contributed by atoms with van der Waals surface area (Å²) in [6.45, 7) is 1.97. The van der Waals surface area contributed by atoms with Crippen molar-refractivity contribution in [2.45, 2.75) is 19.8 Å². The van der Waals surface area contributed by atoms with E-state index in [4.69, 9.17) is 9.63 Å². The molecule has 0 fully saturated rings. The normalized spacial score (nSPS) is 10.4. The van der Waals surface area contributed by atoms with Crippen LogP contribution in [0.4, 0.5) is 0 Å². The average molecular weight is 232 g/mol. The fraction of sp³-hybridized carbons (Fsp3) is 0.250. The highest BCUT2D eigenvalue weighted by Gasteiger charge is 2.22. The first-order valence-corrected chi connectivity index (χ1v) is 5.37. The Bertz CT molecular complexity index is 520. The van der Waals surface area contributed by atoms with E-state index in [1.54, 1.807) is 18.3 Å². The van der Waals surface area contributed by atoms with E-state index in [1.807, 2.05) is 13.0 Å². The van der Waals surface area contributed by atoms with Crippen molar-refractivity contribution in [2.24, 2.45) is 0 Å². The van der Waals surface area contributed by atoms with Gasteiger partial charge >= 0.3 is 5.97 Å². The van der Waals surface area contributed by atoms with E-state index in [0.29, 0.717) is 23.4 Å². The Morgan fingerprint density at radius 1 is 1.47 bits per heavy atom. The molecule has 0 saturated carbocycles. The van der Waals surface area contributed by atoms with Gasteiger partial charge in [-0.2, -0.15) is 0 Å². The number of aromatic carboxylic acids is 1. The minimum Gasteiger partial charge on any atom is -0.475 e. The number of carboxylic acid groups (broad SMARTS) is 1. The molecule has 0 unspecified atom stereocenters. The summed E-state index contributed by atoms with van der Waals surface area (Å²) < 4.78 is 4.87. The van der Waals surface area contributed by atoms with Gasteiger partial charge in [-0.25, -0.2) is 4.79 Å². The van der Waals surface area contributed by atoms with Gasteiger partial charge in [-0.1, -0.05) is 24.6 Å². The Hall–Kier alpha value is -2.17. The first-order valence-electron chi connectivity index (χ1n) is 5.37. The van der Waals surface area contributed by atoms with Crippen LogP contribution in [0, 0.1) is 0 Å². The van der Waals surface area contributed by atoms with Crippen LogP contribution < -0.4 is 0 Å². The Balaban J connectivity index is 2.51. The van der Waals surface area contributed by atoms with E-state index in [1.165, 1.54) is 0 Å². The maximum Gasteiger partial charge on any atom is 0.375 e. The highest BCUT2D eigenvalue weighted by Crippen LogP contribution is 2.25. The largest absolute Gasteiger partial charge is 0.475 e. The molecule has 0 spiro atoms. The SMILES string of the molecule is CCCc1c(-c2ccccn2)noc1C(=O)O. The fourth-order valence-electron chi connectivity index (χ4n) is 1.66. The standard InChI is InChI=1S/C12H12N2O3/c1-2-5-8-10(9-6-3-4-7-13-9)14-17-11(8)12(15)16/h3-4,6-7H,2,5H2,1H3,(H,15,16). The van der Waals surface area contributed by atoms with Crippen LogP contribution in [-0.2, 0) is 6.42 Å². The lowest BCUT2D eigenvalue weighted by atomic mass is 10.1. The van der Waals surface area contributed by atoms with Crippen molar-refractivity contribution in [3.05, 3.63) is 35.7 Å². The lowest BCUT2D eigenvalue weighted by molar-refractivity contribution is 0.0650. The van der Waals surface area contributed by atoms with Crippen LogP contribution in [-0.4, -0.2) is 21.2 Å². The number of rotatable bonds is 4. The van der Waals surface area contributed by atoms with Crippen molar-refractivity contribution in [2.75, 3.05) is 0 Å². The molecule has 5 nitrogen and oxygen atoms in total. The van der Waals surface area contributed by atoms with E-state index in [-0.39, 0.29) is 5.76 Å². The highest BCUT2D eigenvalue weighted by atomic mass is 16.5. The Morgan fingerprint density at radius 2 is 2.29 bits per heavy atom. The van der Waals surface area contributed by atoms with Gasteiger partial charge in [0, 0.05) is 11.8 Å². The summed E-state index contributed by atoms with van der Waals surface area (Å²) in [5, 5.41) is 12.8. The third kappa shape index (κ3) is 2.18. The molecule has 2 aromatic heterocycles. The molecule has 17 heavy (non-hydrogen) atoms. The molecule has 5 heteroatoms. The molecular weight excluding hydrogens is 220 g/mol. The molecule has 0 amide bonds. The maximum atomic E-state index is 11.0. The second kappa shape index (κ2) is 4.78. The minimum absolute atomic E-state index is 0.0903. The number of pyridine rings is 1. The molecule has 88 valence electrons. The summed E-state index contributed by atoms with van der Waals surface area (Å²) in [6, 6.07) is 5.40. The molecule has 0 aliphatic rings. The minimum atomic E-state index is -1.09. The molecular formula is C12H12N2O3. The number of aromatic nitrogens is 2. The molecule has 2 aromatic rings. The van der Waals surface area contributed by atoms with Gasteiger partial charge in [0.2, 0.25) is 5.76 Å². The first kappa shape index (κ1) is 11.3. The molecule has 0 saturated heterocycles. The number of nitrogens with zero attached hydrogens (tertiary/aromatic N) is 2. The zero-order chi connectivity index (χ0) is 12.3. The summed E-state index contributed by atoms with van der Waals surface area (Å²) in [6.07, 6.45) is 3.07. The molecule has 0 aromatic carbocycles. The van der Waals surface area contributed by atoms with Crippen molar-refractivity contribution < 1.29 is 14.4 Å². The monoisotopic (exact) mass is 232 g/mol. The van der Waals surface area contributed by atoms with E-state index in [9.17, 15) is 4.79 Å². The predicted octanol–water partition coefficient (Wildman–Crippen LogP) is 2.39. The van der Waals surface area contributed by atoms with Gasteiger partial charge in [-0.3, -0.25) is 4.98 Å². The molecule has 0 aliphatic heterocycles. The third-order valence-electron chi connectivity index (χ3n) is 2.39. The van der Waals surface area contributed by atoms with Crippen molar-refractivity contribution >= 4 is 5.97 Å². The lowest BCUT2D eigenvalue weighted by Crippen LogP contribution is -2.00. The van der Waals surface area contributed by atoms with Crippen molar-refractivity contribution in [1.29, 1.82) is 0 Å². The van der Waals surface area contributed by atoms with Crippen LogP contribution in [0.15, 0.2) is 28.9 Å². The van der Waals surface area contributed by atoms with Crippen LogP contribution in [0.25, 0.3) is 11.4 Å².